The zero-order chi connectivity index (χ0) is 42.1. The number of rotatable bonds is 21. The Balaban J connectivity index is 1.54. The third-order valence-corrected chi connectivity index (χ3v) is 10.3. The minimum absolute atomic E-state index is 0.00849. The molecule has 0 aliphatic heterocycles. The predicted octanol–water partition coefficient (Wildman–Crippen LogP) is 8.83. The molecule has 2 amide bonds. The van der Waals surface area contributed by atoms with Gasteiger partial charge in [0.25, 0.3) is 0 Å². The summed E-state index contributed by atoms with van der Waals surface area (Å²) in [5, 5.41) is 2.58. The molecule has 0 aliphatic carbocycles. The number of hydrogen-bond acceptors (Lipinski definition) is 7. The maximum atomic E-state index is 14.2. The highest BCUT2D eigenvalue weighted by atomic mass is 16.5. The summed E-state index contributed by atoms with van der Waals surface area (Å²) in [6, 6.07) is 38.7. The molecule has 0 unspecified atom stereocenters. The molecule has 0 spiro atoms. The molecule has 0 fully saturated rings. The highest BCUT2D eigenvalue weighted by molar-refractivity contribution is 6.57. The van der Waals surface area contributed by atoms with Crippen LogP contribution in [0.1, 0.15) is 67.9 Å². The van der Waals surface area contributed by atoms with Crippen molar-refractivity contribution >= 4 is 31.3 Å². The van der Waals surface area contributed by atoms with Crippen LogP contribution in [0.3, 0.4) is 0 Å². The van der Waals surface area contributed by atoms with Crippen molar-refractivity contribution < 1.29 is 33.4 Å². The predicted molar refractivity (Wildman–Crippen MR) is 231 cm³/mol. The lowest BCUT2D eigenvalue weighted by Gasteiger charge is -2.31. The second-order valence-electron chi connectivity index (χ2n) is 14.9. The van der Waals surface area contributed by atoms with Crippen LogP contribution in [0.4, 0.5) is 4.79 Å². The van der Waals surface area contributed by atoms with E-state index in [1.807, 2.05) is 141 Å². The van der Waals surface area contributed by atoms with Crippen LogP contribution in [0.5, 0.6) is 11.5 Å². The molecule has 1 N–H and O–H groups in total. The summed E-state index contributed by atoms with van der Waals surface area (Å²) >= 11 is 0. The van der Waals surface area contributed by atoms with Gasteiger partial charge in [-0.3, -0.25) is 14.4 Å². The first kappa shape index (κ1) is 44.0. The van der Waals surface area contributed by atoms with Gasteiger partial charge in [-0.15, -0.1) is 0 Å². The smallest absolute Gasteiger partial charge is 0.329 e. The monoisotopic (exact) mass is 792 g/mol. The molecule has 59 heavy (non-hydrogen) atoms. The van der Waals surface area contributed by atoms with Crippen molar-refractivity contribution in [3.8, 4) is 22.6 Å². The van der Waals surface area contributed by atoms with Crippen LogP contribution in [0.25, 0.3) is 11.1 Å². The number of carbonyl (C=O) groups excluding carboxylic acids is 4. The van der Waals surface area contributed by atoms with Gasteiger partial charge in [-0.05, 0) is 83.0 Å². The number of unbranched alkanes of at least 4 members (excludes halogenated alkanes) is 1. The molecule has 2 radical (unpaired) electrons. The summed E-state index contributed by atoms with van der Waals surface area (Å²) in [7, 11) is 7.04. The Kier molecular flexibility index (Phi) is 16.5. The minimum atomic E-state index is -1.10. The SMILES string of the molecule is [B]C(=O)N[C@@H](CCCC)C(=O)N(C)[C@@H](Cc1cc(-c2ccc(OCc3ccccc3)c(C[C@H](C)C(C)=O)c2)ccc1OCc1ccccc1)C(=O)OCc1ccccc1. The third-order valence-electron chi connectivity index (χ3n) is 10.3. The number of amides is 2. The Labute approximate surface area is 349 Å². The van der Waals surface area contributed by atoms with E-state index in [9.17, 15) is 19.2 Å². The number of nitrogens with zero attached hydrogens (tertiary/aromatic N) is 1. The summed E-state index contributed by atoms with van der Waals surface area (Å²) in [4.78, 5) is 54.1. The van der Waals surface area contributed by atoms with E-state index in [2.05, 4.69) is 5.32 Å². The van der Waals surface area contributed by atoms with Crippen molar-refractivity contribution in [3.63, 3.8) is 0 Å². The Bertz CT molecular complexity index is 2150. The van der Waals surface area contributed by atoms with Crippen molar-refractivity contribution in [2.75, 3.05) is 7.05 Å². The number of nitrogens with one attached hydrogen (secondary N) is 1. The number of hydrogen-bond donors (Lipinski definition) is 1. The topological polar surface area (TPSA) is 111 Å². The quantitative estimate of drug-likeness (QED) is 0.0584. The van der Waals surface area contributed by atoms with Crippen LogP contribution in [0.15, 0.2) is 127 Å². The molecule has 10 heteroatoms. The van der Waals surface area contributed by atoms with E-state index in [1.54, 1.807) is 14.0 Å². The average Bonchev–Trinajstić information content (AvgIpc) is 3.25. The van der Waals surface area contributed by atoms with Crippen LogP contribution < -0.4 is 14.8 Å². The first-order valence-electron chi connectivity index (χ1n) is 20.2. The van der Waals surface area contributed by atoms with Gasteiger partial charge in [0.1, 0.15) is 49.2 Å². The van der Waals surface area contributed by atoms with Gasteiger partial charge in [-0.2, -0.15) is 0 Å². The molecular formula is C49H53BN2O7. The first-order valence-corrected chi connectivity index (χ1v) is 20.2. The van der Waals surface area contributed by atoms with Crippen molar-refractivity contribution in [1.29, 1.82) is 0 Å². The van der Waals surface area contributed by atoms with Gasteiger partial charge in [0.2, 0.25) is 13.8 Å². The second-order valence-corrected chi connectivity index (χ2v) is 14.9. The molecule has 0 aliphatic rings. The van der Waals surface area contributed by atoms with E-state index >= 15 is 0 Å². The summed E-state index contributed by atoms with van der Waals surface area (Å²) < 4.78 is 18.6. The molecule has 5 aromatic carbocycles. The lowest BCUT2D eigenvalue weighted by atomic mass is 9.93. The number of Topliss-reactive ketones (excluding diaryl/α,β-unsaturated/α-hetero) is 1. The van der Waals surface area contributed by atoms with Crippen LogP contribution in [0.2, 0.25) is 0 Å². The highest BCUT2D eigenvalue weighted by Gasteiger charge is 2.34. The van der Waals surface area contributed by atoms with E-state index in [0.29, 0.717) is 42.9 Å². The number of carbonyl (C=O) groups is 4. The standard InChI is InChI=1S/C49H53BN2O7/c1-5-6-22-43(51-49(50)56)47(54)52(4)44(48(55)59-33-38-20-14-9-15-21-38)30-42-29-40(24-26-46(42)58-32-37-18-12-8-13-19-37)39-23-25-45(41(28-39)27-34(2)35(3)53)57-31-36-16-10-7-11-17-36/h7-21,23-26,28-29,34,43-44H,5-6,22,27,30-33H2,1-4H3,(H,51,56)/t34-,43-,44-/m0/s1. The number of ether oxygens (including phenoxy) is 3. The molecule has 3 atom stereocenters. The van der Waals surface area contributed by atoms with Crippen molar-refractivity contribution in [2.45, 2.75) is 84.8 Å². The van der Waals surface area contributed by atoms with E-state index in [1.165, 1.54) is 4.90 Å². The van der Waals surface area contributed by atoms with Gasteiger partial charge in [-0.1, -0.05) is 130 Å². The van der Waals surface area contributed by atoms with E-state index < -0.39 is 29.8 Å². The molecule has 0 bridgehead atoms. The molecule has 5 rings (SSSR count). The van der Waals surface area contributed by atoms with E-state index in [-0.39, 0.29) is 31.3 Å². The minimum Gasteiger partial charge on any atom is -0.489 e. The van der Waals surface area contributed by atoms with Crippen LogP contribution in [0, 0.1) is 5.92 Å². The zero-order valence-corrected chi connectivity index (χ0v) is 34.4. The molecule has 9 nitrogen and oxygen atoms in total. The van der Waals surface area contributed by atoms with Crippen LogP contribution in [-0.4, -0.2) is 55.3 Å². The fraction of sp³-hybridized carbons (Fsp3) is 0.306. The van der Waals surface area contributed by atoms with Crippen LogP contribution in [-0.2, 0) is 51.8 Å². The maximum absolute atomic E-state index is 14.2. The van der Waals surface area contributed by atoms with E-state index in [4.69, 9.17) is 22.1 Å². The van der Waals surface area contributed by atoms with E-state index in [0.717, 1.165) is 39.8 Å². The first-order chi connectivity index (χ1) is 28.5. The summed E-state index contributed by atoms with van der Waals surface area (Å²) in [6.07, 6.45) is 2.33. The van der Waals surface area contributed by atoms with Crippen molar-refractivity contribution in [2.24, 2.45) is 5.92 Å². The Morgan fingerprint density at radius 1 is 0.678 bits per heavy atom. The van der Waals surface area contributed by atoms with Gasteiger partial charge in [0.05, 0.1) is 0 Å². The second kappa shape index (κ2) is 22.1. The molecule has 0 aromatic heterocycles. The summed E-state index contributed by atoms with van der Waals surface area (Å²) in [6.45, 7) is 6.15. The zero-order valence-electron chi connectivity index (χ0n) is 34.4. The maximum Gasteiger partial charge on any atom is 0.329 e. The number of esters is 1. The summed E-state index contributed by atoms with van der Waals surface area (Å²) in [5.74, 6) is -0.820. The number of ketones is 1. The Morgan fingerprint density at radius 3 is 1.61 bits per heavy atom. The Hall–Kier alpha value is -6.16. The Morgan fingerprint density at radius 2 is 1.15 bits per heavy atom. The third kappa shape index (κ3) is 13.2. The van der Waals surface area contributed by atoms with Crippen LogP contribution >= 0.6 is 0 Å². The molecule has 304 valence electrons. The molecule has 0 saturated heterocycles. The lowest BCUT2D eigenvalue weighted by molar-refractivity contribution is -0.155. The van der Waals surface area contributed by atoms with Gasteiger partial charge in [0, 0.05) is 19.4 Å². The van der Waals surface area contributed by atoms with Crippen molar-refractivity contribution in [3.05, 3.63) is 155 Å². The van der Waals surface area contributed by atoms with Gasteiger partial charge in [0.15, 0.2) is 5.81 Å². The van der Waals surface area contributed by atoms with Gasteiger partial charge in [-0.25, -0.2) is 4.79 Å². The molecular weight excluding hydrogens is 739 g/mol. The fourth-order valence-corrected chi connectivity index (χ4v) is 6.71. The summed E-state index contributed by atoms with van der Waals surface area (Å²) in [5.41, 5.74) is 6.04. The average molecular weight is 793 g/mol. The molecule has 5 aromatic rings. The fourth-order valence-electron chi connectivity index (χ4n) is 6.71. The normalized spacial score (nSPS) is 12.4. The largest absolute Gasteiger partial charge is 0.489 e. The highest BCUT2D eigenvalue weighted by Crippen LogP contribution is 2.33. The number of likely N-dealkylation sites (N-methyl/N-ethyl adjacent to an activating group) is 1. The lowest BCUT2D eigenvalue weighted by Crippen LogP contribution is -2.53. The van der Waals surface area contributed by atoms with Crippen molar-refractivity contribution in [1.82, 2.24) is 10.2 Å². The van der Waals surface area contributed by atoms with Gasteiger partial charge >= 0.3 is 5.97 Å². The molecule has 0 heterocycles. The molecule has 0 saturated carbocycles. The van der Waals surface area contributed by atoms with Gasteiger partial charge < -0.3 is 24.4 Å². The number of benzene rings is 5.